The first-order valence-electron chi connectivity index (χ1n) is 10.8. The van der Waals surface area contributed by atoms with Gasteiger partial charge in [-0.15, -0.1) is 0 Å². The molecular formula is C23H33N3O3. The van der Waals surface area contributed by atoms with Crippen molar-refractivity contribution in [1.29, 1.82) is 0 Å². The Morgan fingerprint density at radius 2 is 1.69 bits per heavy atom. The summed E-state index contributed by atoms with van der Waals surface area (Å²) in [4.78, 5) is 26.5. The van der Waals surface area contributed by atoms with E-state index < -0.39 is 0 Å². The fourth-order valence-corrected chi connectivity index (χ4v) is 6.30. The molecule has 4 saturated carbocycles. The summed E-state index contributed by atoms with van der Waals surface area (Å²) in [7, 11) is 3.40. The smallest absolute Gasteiger partial charge is 0.238 e. The second-order valence-corrected chi connectivity index (χ2v) is 9.65. The molecule has 6 nitrogen and oxygen atoms in total. The van der Waals surface area contributed by atoms with Crippen molar-refractivity contribution in [2.45, 2.75) is 38.5 Å². The SMILES string of the molecule is COc1cccc(NC(=O)CN(C)CC(=O)NCC23CC4CC(CC(C4)C2)C3)c1. The van der Waals surface area contributed by atoms with Crippen molar-refractivity contribution < 1.29 is 14.3 Å². The molecule has 0 unspecified atom stereocenters. The molecule has 4 bridgehead atoms. The van der Waals surface area contributed by atoms with E-state index in [2.05, 4.69) is 10.6 Å². The lowest BCUT2D eigenvalue weighted by molar-refractivity contribution is -0.124. The van der Waals surface area contributed by atoms with Gasteiger partial charge in [0.1, 0.15) is 5.75 Å². The number of amides is 2. The number of benzene rings is 1. The molecule has 4 fully saturated rings. The Morgan fingerprint density at radius 3 is 2.31 bits per heavy atom. The van der Waals surface area contributed by atoms with Crippen LogP contribution in [0.4, 0.5) is 5.69 Å². The van der Waals surface area contributed by atoms with Gasteiger partial charge in [0, 0.05) is 18.3 Å². The van der Waals surface area contributed by atoms with E-state index in [1.54, 1.807) is 25.1 Å². The topological polar surface area (TPSA) is 70.7 Å². The summed E-state index contributed by atoms with van der Waals surface area (Å²) in [5, 5.41) is 6.03. The van der Waals surface area contributed by atoms with Crippen molar-refractivity contribution in [2.75, 3.05) is 39.1 Å². The highest BCUT2D eigenvalue weighted by Crippen LogP contribution is 2.59. The average Bonchev–Trinajstić information content (AvgIpc) is 2.65. The maximum atomic E-state index is 12.5. The van der Waals surface area contributed by atoms with Crippen LogP contribution in [0.5, 0.6) is 5.75 Å². The standard InChI is InChI=1S/C23H33N3O3/c1-26(14-22(28)25-19-4-3-5-20(9-19)29-2)13-21(27)24-15-23-10-16-6-17(11-23)8-18(7-16)12-23/h3-5,9,16-18H,6-8,10-15H2,1-2H3,(H,24,27)(H,25,28). The zero-order valence-electron chi connectivity index (χ0n) is 17.6. The van der Waals surface area contributed by atoms with Gasteiger partial charge < -0.3 is 15.4 Å². The molecule has 158 valence electrons. The van der Waals surface area contributed by atoms with E-state index in [9.17, 15) is 9.59 Å². The largest absolute Gasteiger partial charge is 0.497 e. The van der Waals surface area contributed by atoms with Crippen LogP contribution in [0.1, 0.15) is 38.5 Å². The second-order valence-electron chi connectivity index (χ2n) is 9.65. The predicted molar refractivity (Wildman–Crippen MR) is 113 cm³/mol. The minimum Gasteiger partial charge on any atom is -0.497 e. The van der Waals surface area contributed by atoms with E-state index in [0.717, 1.165) is 24.3 Å². The molecule has 1 aromatic carbocycles. The molecule has 0 aliphatic heterocycles. The van der Waals surface area contributed by atoms with Crippen LogP contribution >= 0.6 is 0 Å². The number of hydrogen-bond acceptors (Lipinski definition) is 4. The van der Waals surface area contributed by atoms with Crippen LogP contribution in [-0.4, -0.2) is 50.5 Å². The lowest BCUT2D eigenvalue weighted by Crippen LogP contribution is -2.52. The van der Waals surface area contributed by atoms with Crippen LogP contribution < -0.4 is 15.4 Å². The Bertz CT molecular complexity index is 728. The summed E-state index contributed by atoms with van der Waals surface area (Å²) in [5.41, 5.74) is 1.03. The van der Waals surface area contributed by atoms with Crippen molar-refractivity contribution in [2.24, 2.45) is 23.2 Å². The maximum absolute atomic E-state index is 12.5. The maximum Gasteiger partial charge on any atom is 0.238 e. The van der Waals surface area contributed by atoms with Gasteiger partial charge in [0.2, 0.25) is 11.8 Å². The number of carbonyl (C=O) groups is 2. The Balaban J connectivity index is 1.21. The number of methoxy groups -OCH3 is 1. The van der Waals surface area contributed by atoms with Gasteiger partial charge in [-0.2, -0.15) is 0 Å². The average molecular weight is 400 g/mol. The van der Waals surface area contributed by atoms with Gasteiger partial charge in [-0.25, -0.2) is 0 Å². The van der Waals surface area contributed by atoms with E-state index in [4.69, 9.17) is 4.74 Å². The van der Waals surface area contributed by atoms with Gasteiger partial charge in [0.25, 0.3) is 0 Å². The molecule has 5 rings (SSSR count). The lowest BCUT2D eigenvalue weighted by Gasteiger charge is -2.56. The molecule has 0 saturated heterocycles. The third-order valence-electron chi connectivity index (χ3n) is 7.01. The molecule has 4 aliphatic rings. The quantitative estimate of drug-likeness (QED) is 0.705. The van der Waals surface area contributed by atoms with Crippen molar-refractivity contribution >= 4 is 17.5 Å². The summed E-state index contributed by atoms with van der Waals surface area (Å²) in [6.45, 7) is 1.21. The third kappa shape index (κ3) is 4.92. The normalized spacial score (nSPS) is 29.7. The molecule has 0 aromatic heterocycles. The lowest BCUT2D eigenvalue weighted by atomic mass is 9.49. The first-order chi connectivity index (χ1) is 13.9. The summed E-state index contributed by atoms with van der Waals surface area (Å²) < 4.78 is 5.17. The molecular weight excluding hydrogens is 366 g/mol. The molecule has 4 aliphatic carbocycles. The van der Waals surface area contributed by atoms with Crippen molar-refractivity contribution in [1.82, 2.24) is 10.2 Å². The minimum absolute atomic E-state index is 0.0115. The number of anilines is 1. The number of rotatable bonds is 8. The Morgan fingerprint density at radius 1 is 1.07 bits per heavy atom. The monoisotopic (exact) mass is 399 g/mol. The summed E-state index contributed by atoms with van der Waals surface area (Å²) in [6.07, 6.45) is 8.11. The molecule has 0 atom stereocenters. The number of nitrogens with one attached hydrogen (secondary N) is 2. The van der Waals surface area contributed by atoms with Crippen LogP contribution in [0.3, 0.4) is 0 Å². The molecule has 2 amide bonds. The van der Waals surface area contributed by atoms with Gasteiger partial charge in [0.05, 0.1) is 20.2 Å². The summed E-state index contributed by atoms with van der Waals surface area (Å²) in [6, 6.07) is 7.25. The highest BCUT2D eigenvalue weighted by atomic mass is 16.5. The van der Waals surface area contributed by atoms with Crippen molar-refractivity contribution in [3.63, 3.8) is 0 Å². The van der Waals surface area contributed by atoms with Crippen LogP contribution in [0.2, 0.25) is 0 Å². The van der Waals surface area contributed by atoms with Gasteiger partial charge in [-0.3, -0.25) is 14.5 Å². The molecule has 6 heteroatoms. The molecule has 1 aromatic rings. The molecule has 0 spiro atoms. The molecule has 0 radical (unpaired) electrons. The summed E-state index contributed by atoms with van der Waals surface area (Å²) >= 11 is 0. The fraction of sp³-hybridized carbons (Fsp3) is 0.652. The number of carbonyl (C=O) groups excluding carboxylic acids is 2. The Labute approximate surface area is 173 Å². The second kappa shape index (κ2) is 8.34. The van der Waals surface area contributed by atoms with E-state index in [-0.39, 0.29) is 24.9 Å². The van der Waals surface area contributed by atoms with Crippen LogP contribution in [0.25, 0.3) is 0 Å². The zero-order valence-corrected chi connectivity index (χ0v) is 17.6. The Kier molecular flexibility index (Phi) is 5.81. The highest BCUT2D eigenvalue weighted by Gasteiger charge is 2.50. The van der Waals surface area contributed by atoms with Gasteiger partial charge in [-0.05, 0) is 80.9 Å². The van der Waals surface area contributed by atoms with Crippen molar-refractivity contribution in [3.8, 4) is 5.75 Å². The Hall–Kier alpha value is -2.08. The van der Waals surface area contributed by atoms with E-state index >= 15 is 0 Å². The van der Waals surface area contributed by atoms with E-state index in [0.29, 0.717) is 16.9 Å². The van der Waals surface area contributed by atoms with E-state index in [1.165, 1.54) is 38.5 Å². The van der Waals surface area contributed by atoms with Gasteiger partial charge in [-0.1, -0.05) is 6.07 Å². The fourth-order valence-electron chi connectivity index (χ4n) is 6.30. The van der Waals surface area contributed by atoms with Crippen LogP contribution in [0.15, 0.2) is 24.3 Å². The minimum atomic E-state index is -0.144. The number of hydrogen-bond donors (Lipinski definition) is 2. The van der Waals surface area contributed by atoms with Crippen molar-refractivity contribution in [3.05, 3.63) is 24.3 Å². The highest BCUT2D eigenvalue weighted by molar-refractivity contribution is 5.92. The summed E-state index contributed by atoms with van der Waals surface area (Å²) in [5.74, 6) is 3.23. The zero-order chi connectivity index (χ0) is 20.4. The first kappa shape index (κ1) is 20.2. The van der Waals surface area contributed by atoms with E-state index in [1.807, 2.05) is 18.2 Å². The number of ether oxygens (including phenoxy) is 1. The van der Waals surface area contributed by atoms with Crippen LogP contribution in [-0.2, 0) is 9.59 Å². The molecule has 0 heterocycles. The third-order valence-corrected chi connectivity index (χ3v) is 7.01. The van der Waals surface area contributed by atoms with Gasteiger partial charge in [0.15, 0.2) is 0 Å². The predicted octanol–water partition coefficient (Wildman–Crippen LogP) is 2.90. The van der Waals surface area contributed by atoms with Crippen LogP contribution in [0, 0.1) is 23.2 Å². The number of likely N-dealkylation sites (N-methyl/N-ethyl adjacent to an activating group) is 1. The molecule has 2 N–H and O–H groups in total. The first-order valence-corrected chi connectivity index (χ1v) is 10.8. The molecule has 29 heavy (non-hydrogen) atoms. The number of nitrogens with zero attached hydrogens (tertiary/aromatic N) is 1. The van der Waals surface area contributed by atoms with Gasteiger partial charge >= 0.3 is 0 Å².